The number of hydrogen-bond acceptors (Lipinski definition) is 2. The molecule has 0 unspecified atom stereocenters. The van der Waals surface area contributed by atoms with Crippen LogP contribution < -0.4 is 63.1 Å². The van der Waals surface area contributed by atoms with Gasteiger partial charge in [-0.15, -0.1) is 12.2 Å². The van der Waals surface area contributed by atoms with Crippen molar-refractivity contribution >= 4 is 23.4 Å². The number of anilines is 1. The zero-order chi connectivity index (χ0) is 22.5. The van der Waals surface area contributed by atoms with Crippen molar-refractivity contribution in [3.63, 3.8) is 0 Å². The largest absolute Gasteiger partial charge is 1.00 e. The van der Waals surface area contributed by atoms with Gasteiger partial charge in [0.2, 0.25) is 0 Å². The summed E-state index contributed by atoms with van der Waals surface area (Å²) in [6.07, 6.45) is 6.56. The second-order valence-corrected chi connectivity index (χ2v) is 8.89. The summed E-state index contributed by atoms with van der Waals surface area (Å²) in [6.45, 7) is 3.79. The van der Waals surface area contributed by atoms with Crippen LogP contribution in [0.3, 0.4) is 0 Å². The van der Waals surface area contributed by atoms with E-state index >= 15 is 0 Å². The van der Waals surface area contributed by atoms with Crippen molar-refractivity contribution in [2.75, 3.05) is 24.5 Å². The van der Waals surface area contributed by atoms with Gasteiger partial charge in [-0.1, -0.05) is 78.4 Å². The third kappa shape index (κ3) is 6.35. The normalized spacial score (nSPS) is 16.0. The number of carbonyl (C=O) groups is 1. The molecule has 0 radical (unpaired) electrons. The van der Waals surface area contributed by atoms with Crippen molar-refractivity contribution < 1.29 is 63.0 Å². The fourth-order valence-corrected chi connectivity index (χ4v) is 4.86. The molecule has 0 N–H and O–H groups in total. The minimum absolute atomic E-state index is 0. The number of likely N-dealkylation sites (tertiary alicyclic amines) is 1. The molecule has 1 saturated heterocycles. The first-order chi connectivity index (χ1) is 16.3. The van der Waals surface area contributed by atoms with Gasteiger partial charge in [-0.2, -0.15) is 0 Å². The average molecular weight is 522 g/mol. The summed E-state index contributed by atoms with van der Waals surface area (Å²) in [4.78, 5) is 18.0. The summed E-state index contributed by atoms with van der Waals surface area (Å²) in [5.41, 5.74) is 5.66. The summed E-state index contributed by atoms with van der Waals surface area (Å²) >= 11 is 0. The summed E-state index contributed by atoms with van der Waals surface area (Å²) < 4.78 is 0. The standard InChI is InChI=1S/C29H30N3O.Rb/c33-29(14-11-23-7-3-1-4-8-23)32(27-13-12-25-15-18-30-28(25)21-27)26-16-19-31(20-17-26)22-24-9-5-2-6-10-24;/h1-14,21,26H,15-20,22H2;/q-1;+1/b14-11+;. The Balaban J connectivity index is 0.00000274. The Kier molecular flexibility index (Phi) is 9.32. The summed E-state index contributed by atoms with van der Waals surface area (Å²) in [6, 6.07) is 27.2. The van der Waals surface area contributed by atoms with Gasteiger partial charge < -0.3 is 10.2 Å². The molecule has 5 heteroatoms. The molecule has 5 rings (SSSR count). The first-order valence-corrected chi connectivity index (χ1v) is 11.9. The van der Waals surface area contributed by atoms with Crippen LogP contribution in [0.1, 0.15) is 29.5 Å². The van der Waals surface area contributed by atoms with Crippen LogP contribution in [0.15, 0.2) is 84.9 Å². The van der Waals surface area contributed by atoms with Crippen LogP contribution >= 0.6 is 0 Å². The van der Waals surface area contributed by atoms with Crippen molar-refractivity contribution in [3.8, 4) is 0 Å². The van der Waals surface area contributed by atoms with E-state index in [0.717, 1.165) is 62.4 Å². The van der Waals surface area contributed by atoms with Crippen LogP contribution in [-0.2, 0) is 17.8 Å². The maximum absolute atomic E-state index is 13.5. The number of amides is 1. The first-order valence-electron chi connectivity index (χ1n) is 11.9. The van der Waals surface area contributed by atoms with Gasteiger partial charge in [-0.05, 0) is 42.5 Å². The molecule has 2 aliphatic rings. The molecule has 0 aliphatic carbocycles. The van der Waals surface area contributed by atoms with Crippen LogP contribution in [0.4, 0.5) is 11.4 Å². The van der Waals surface area contributed by atoms with Crippen molar-refractivity contribution in [2.24, 2.45) is 0 Å². The summed E-state index contributed by atoms with van der Waals surface area (Å²) in [5.74, 6) is 0.0401. The molecule has 0 spiro atoms. The fourth-order valence-electron chi connectivity index (χ4n) is 4.86. The molecule has 0 atom stereocenters. The van der Waals surface area contributed by atoms with E-state index in [-0.39, 0.29) is 70.1 Å². The minimum Gasteiger partial charge on any atom is -0.684 e. The van der Waals surface area contributed by atoms with Gasteiger partial charge in [0, 0.05) is 37.4 Å². The third-order valence-corrected chi connectivity index (χ3v) is 6.64. The second kappa shape index (κ2) is 12.4. The third-order valence-electron chi connectivity index (χ3n) is 6.64. The Labute approximate surface area is 251 Å². The quantitative estimate of drug-likeness (QED) is 0.468. The average Bonchev–Trinajstić information content (AvgIpc) is 3.33. The Hall–Kier alpha value is -1.56. The molecule has 34 heavy (non-hydrogen) atoms. The summed E-state index contributed by atoms with van der Waals surface area (Å²) in [5, 5.41) is 4.64. The van der Waals surface area contributed by atoms with Gasteiger partial charge in [0.05, 0.1) is 0 Å². The van der Waals surface area contributed by atoms with Crippen LogP contribution in [-0.4, -0.2) is 36.5 Å². The van der Waals surface area contributed by atoms with Gasteiger partial charge in [-0.3, -0.25) is 9.69 Å². The van der Waals surface area contributed by atoms with E-state index < -0.39 is 0 Å². The summed E-state index contributed by atoms with van der Waals surface area (Å²) in [7, 11) is 0. The van der Waals surface area contributed by atoms with Gasteiger partial charge in [-0.25, -0.2) is 0 Å². The smallest absolute Gasteiger partial charge is 0.684 e. The van der Waals surface area contributed by atoms with Gasteiger partial charge in [0.15, 0.2) is 0 Å². The maximum atomic E-state index is 13.5. The van der Waals surface area contributed by atoms with E-state index in [4.69, 9.17) is 0 Å². The van der Waals surface area contributed by atoms with Crippen molar-refractivity contribution in [1.29, 1.82) is 0 Å². The van der Waals surface area contributed by atoms with E-state index in [9.17, 15) is 4.79 Å². The Morgan fingerprint density at radius 3 is 2.41 bits per heavy atom. The SMILES string of the molecule is O=C(/C=C/c1ccccc1)N(c1ccc2c(c1)[N-]CC2)C1CCN(Cc2ccccc2)CC1.[Rb+]. The van der Waals surface area contributed by atoms with E-state index in [1.54, 1.807) is 6.08 Å². The first kappa shape index (κ1) is 25.5. The molecule has 3 aromatic rings. The van der Waals surface area contributed by atoms with E-state index in [1.807, 2.05) is 41.3 Å². The molecule has 3 aromatic carbocycles. The molecular weight excluding hydrogens is 492 g/mol. The number of benzene rings is 3. The van der Waals surface area contributed by atoms with E-state index in [2.05, 4.69) is 58.7 Å². The predicted octanol–water partition coefficient (Wildman–Crippen LogP) is 2.96. The molecule has 1 fully saturated rings. The molecule has 2 aliphatic heterocycles. The number of carbonyl (C=O) groups excluding carboxylic acids is 1. The monoisotopic (exact) mass is 521 g/mol. The Morgan fingerprint density at radius 1 is 0.971 bits per heavy atom. The predicted molar refractivity (Wildman–Crippen MR) is 136 cm³/mol. The molecule has 2 heterocycles. The Morgan fingerprint density at radius 2 is 1.68 bits per heavy atom. The molecule has 0 aromatic heterocycles. The zero-order valence-electron chi connectivity index (χ0n) is 19.9. The number of rotatable bonds is 6. The van der Waals surface area contributed by atoms with Crippen molar-refractivity contribution in [2.45, 2.75) is 31.8 Å². The minimum atomic E-state index is 0. The van der Waals surface area contributed by atoms with Gasteiger partial charge in [0.1, 0.15) is 0 Å². The van der Waals surface area contributed by atoms with Crippen LogP contribution in [0, 0.1) is 0 Å². The number of nitrogens with zero attached hydrogens (tertiary/aromatic N) is 3. The van der Waals surface area contributed by atoms with E-state index in [1.165, 1.54) is 11.1 Å². The van der Waals surface area contributed by atoms with Crippen molar-refractivity contribution in [1.82, 2.24) is 4.90 Å². The molecule has 1 amide bonds. The van der Waals surface area contributed by atoms with Gasteiger partial charge >= 0.3 is 58.2 Å². The molecule has 0 bridgehead atoms. The Bertz CT molecular complexity index is 1110. The van der Waals surface area contributed by atoms with E-state index in [0.29, 0.717) is 0 Å². The molecular formula is C29H30N3ORb. The molecule has 168 valence electrons. The number of fused-ring (bicyclic) bond motifs is 1. The van der Waals surface area contributed by atoms with Gasteiger partial charge in [0.25, 0.3) is 5.91 Å². The molecule has 4 nitrogen and oxygen atoms in total. The van der Waals surface area contributed by atoms with Crippen LogP contribution in [0.25, 0.3) is 11.4 Å². The van der Waals surface area contributed by atoms with Crippen LogP contribution in [0.2, 0.25) is 0 Å². The maximum Gasteiger partial charge on any atom is 1.00 e. The number of piperidine rings is 1. The fraction of sp³-hybridized carbons (Fsp3) is 0.276. The number of hydrogen-bond donors (Lipinski definition) is 0. The van der Waals surface area contributed by atoms with Crippen LogP contribution in [0.5, 0.6) is 0 Å². The molecule has 0 saturated carbocycles. The topological polar surface area (TPSA) is 37.7 Å². The zero-order valence-corrected chi connectivity index (χ0v) is 24.9. The van der Waals surface area contributed by atoms with Crippen molar-refractivity contribution in [3.05, 3.63) is 107 Å². The second-order valence-electron chi connectivity index (χ2n) is 8.89.